The second-order valence-corrected chi connectivity index (χ2v) is 14.6. The Labute approximate surface area is 299 Å². The van der Waals surface area contributed by atoms with Gasteiger partial charge < -0.3 is 18.8 Å². The Hall–Kier alpha value is -4.15. The molecule has 0 atom stereocenters. The van der Waals surface area contributed by atoms with Crippen LogP contribution in [0.5, 0.6) is 11.5 Å². The molecule has 256 valence electrons. The number of hydrogen-bond donors (Lipinski definition) is 1. The number of benzene rings is 3. The maximum absolute atomic E-state index is 13.8. The zero-order valence-corrected chi connectivity index (χ0v) is 31.0. The van der Waals surface area contributed by atoms with E-state index in [1.807, 2.05) is 34.9 Å². The third-order valence-corrected chi connectivity index (χ3v) is 11.0. The number of halogens is 1. The molecule has 49 heavy (non-hydrogen) atoms. The fourth-order valence-corrected chi connectivity index (χ4v) is 8.49. The van der Waals surface area contributed by atoms with Crippen molar-refractivity contribution in [3.05, 3.63) is 104 Å². The van der Waals surface area contributed by atoms with Crippen LogP contribution in [0.2, 0.25) is 0 Å². The number of nitrogens with one attached hydrogen (secondary N) is 1. The molecule has 1 saturated carbocycles. The van der Waals surface area contributed by atoms with E-state index < -0.39 is 0 Å². The van der Waals surface area contributed by atoms with E-state index >= 15 is 0 Å². The van der Waals surface area contributed by atoms with Crippen molar-refractivity contribution in [2.24, 2.45) is 5.92 Å². The summed E-state index contributed by atoms with van der Waals surface area (Å²) in [5, 5.41) is 6.73. The van der Waals surface area contributed by atoms with E-state index in [0.29, 0.717) is 34.8 Å². The highest BCUT2D eigenvalue weighted by atomic mass is 79.9. The molecule has 2 aromatic heterocycles. The molecule has 0 unspecified atom stereocenters. The number of anilines is 1. The van der Waals surface area contributed by atoms with Crippen LogP contribution in [0, 0.1) is 19.8 Å². The number of aryl methyl sites for hydroxylation is 3. The van der Waals surface area contributed by atoms with Crippen molar-refractivity contribution in [3.63, 3.8) is 0 Å². The Morgan fingerprint density at radius 3 is 2.49 bits per heavy atom. The molecular formula is C39H42BrN3O5S. The standard InChI is InChI=1S/C39H42BrN3O5S/c1-23-15-24(2)36-29(16-23)18-33(43(36)21-26-7-6-8-28(17-26)38(45)48-5)37(44)42-39-41-30(22-49-39)14-11-25-9-12-27(13-10-25)31-19-32(40)35(47-4)20-34(31)46-3/h6-8,15-20,22,25,27H,9-14,21H2,1-5H3,(H,41,42,44). The number of hydrogen-bond acceptors (Lipinski definition) is 7. The highest BCUT2D eigenvalue weighted by Gasteiger charge is 2.26. The number of fused-ring (bicyclic) bond motifs is 1. The van der Waals surface area contributed by atoms with E-state index in [-0.39, 0.29) is 11.9 Å². The lowest BCUT2D eigenvalue weighted by Crippen LogP contribution is -2.18. The van der Waals surface area contributed by atoms with E-state index in [1.54, 1.807) is 20.3 Å². The Morgan fingerprint density at radius 1 is 0.980 bits per heavy atom. The number of aromatic nitrogens is 2. The normalized spacial score (nSPS) is 16.0. The average Bonchev–Trinajstić information content (AvgIpc) is 3.71. The van der Waals surface area contributed by atoms with Gasteiger partial charge in [-0.3, -0.25) is 10.1 Å². The maximum atomic E-state index is 13.8. The summed E-state index contributed by atoms with van der Waals surface area (Å²) in [7, 11) is 4.76. The second kappa shape index (κ2) is 15.2. The molecule has 0 radical (unpaired) electrons. The zero-order chi connectivity index (χ0) is 34.7. The number of thiazole rings is 1. The van der Waals surface area contributed by atoms with E-state index in [1.165, 1.54) is 24.0 Å². The van der Waals surface area contributed by atoms with Crippen LogP contribution in [0.3, 0.4) is 0 Å². The molecule has 6 rings (SSSR count). The summed E-state index contributed by atoms with van der Waals surface area (Å²) in [5.41, 5.74) is 7.38. The summed E-state index contributed by atoms with van der Waals surface area (Å²) < 4.78 is 19.1. The molecule has 0 saturated heterocycles. The van der Waals surface area contributed by atoms with Gasteiger partial charge in [0.25, 0.3) is 5.91 Å². The molecule has 1 aliphatic carbocycles. The van der Waals surface area contributed by atoms with Crippen LogP contribution in [-0.2, 0) is 17.7 Å². The van der Waals surface area contributed by atoms with Gasteiger partial charge in [0.1, 0.15) is 17.2 Å². The van der Waals surface area contributed by atoms with Crippen LogP contribution in [-0.4, -0.2) is 42.8 Å². The quantitative estimate of drug-likeness (QED) is 0.136. The average molecular weight is 745 g/mol. The summed E-state index contributed by atoms with van der Waals surface area (Å²) in [6.07, 6.45) is 6.53. The minimum absolute atomic E-state index is 0.211. The molecule has 1 N–H and O–H groups in total. The molecule has 0 bridgehead atoms. The number of methoxy groups -OCH3 is 3. The number of amides is 1. The van der Waals surface area contributed by atoms with Crippen LogP contribution >= 0.6 is 27.3 Å². The van der Waals surface area contributed by atoms with Gasteiger partial charge in [-0.2, -0.15) is 0 Å². The molecule has 2 heterocycles. The van der Waals surface area contributed by atoms with E-state index in [0.717, 1.165) is 87.8 Å². The summed E-state index contributed by atoms with van der Waals surface area (Å²) in [5.74, 6) is 2.18. The van der Waals surface area contributed by atoms with Gasteiger partial charge >= 0.3 is 5.97 Å². The Balaban J connectivity index is 1.11. The number of ether oxygens (including phenoxy) is 3. The van der Waals surface area contributed by atoms with Gasteiger partial charge in [-0.1, -0.05) is 23.8 Å². The second-order valence-electron chi connectivity index (χ2n) is 12.9. The smallest absolute Gasteiger partial charge is 0.337 e. The number of esters is 1. The fourth-order valence-electron chi connectivity index (χ4n) is 7.22. The Bertz CT molecular complexity index is 1990. The van der Waals surface area contributed by atoms with Crippen molar-refractivity contribution in [1.82, 2.24) is 9.55 Å². The summed E-state index contributed by atoms with van der Waals surface area (Å²) in [4.78, 5) is 30.8. The van der Waals surface area contributed by atoms with Gasteiger partial charge in [0.05, 0.1) is 42.6 Å². The van der Waals surface area contributed by atoms with Gasteiger partial charge in [-0.15, -0.1) is 11.3 Å². The SMILES string of the molecule is COC(=O)c1cccc(Cn2c(C(=O)Nc3nc(CCC4CCC(c5cc(Br)c(OC)cc5OC)CC4)cs3)cc3cc(C)cc(C)c32)c1. The molecule has 8 nitrogen and oxygen atoms in total. The van der Waals surface area contributed by atoms with Gasteiger partial charge in [-0.05, 0) is 127 Å². The first-order chi connectivity index (χ1) is 23.7. The van der Waals surface area contributed by atoms with Crippen molar-refractivity contribution >= 4 is 55.2 Å². The number of carbonyl (C=O) groups excluding carboxylic acids is 2. The Morgan fingerprint density at radius 2 is 1.76 bits per heavy atom. The number of nitrogens with zero attached hydrogens (tertiary/aromatic N) is 2. The Kier molecular flexibility index (Phi) is 10.7. The number of carbonyl (C=O) groups is 2. The minimum Gasteiger partial charge on any atom is -0.496 e. The van der Waals surface area contributed by atoms with E-state index in [2.05, 4.69) is 58.7 Å². The molecule has 0 spiro atoms. The van der Waals surface area contributed by atoms with Crippen molar-refractivity contribution in [2.75, 3.05) is 26.6 Å². The van der Waals surface area contributed by atoms with Gasteiger partial charge in [0.15, 0.2) is 5.13 Å². The lowest BCUT2D eigenvalue weighted by molar-refractivity contribution is 0.0600. The summed E-state index contributed by atoms with van der Waals surface area (Å²) in [6.45, 7) is 4.55. The van der Waals surface area contributed by atoms with Gasteiger partial charge in [-0.25, -0.2) is 9.78 Å². The van der Waals surface area contributed by atoms with Crippen molar-refractivity contribution < 1.29 is 23.8 Å². The lowest BCUT2D eigenvalue weighted by atomic mass is 9.77. The summed E-state index contributed by atoms with van der Waals surface area (Å²) in [6, 6.07) is 17.6. The van der Waals surface area contributed by atoms with Crippen molar-refractivity contribution in [3.8, 4) is 11.5 Å². The van der Waals surface area contributed by atoms with Crippen LogP contribution in [0.1, 0.15) is 86.8 Å². The van der Waals surface area contributed by atoms with Crippen LogP contribution < -0.4 is 14.8 Å². The molecule has 1 fully saturated rings. The van der Waals surface area contributed by atoms with E-state index in [4.69, 9.17) is 19.2 Å². The van der Waals surface area contributed by atoms with Crippen molar-refractivity contribution in [1.29, 1.82) is 0 Å². The largest absolute Gasteiger partial charge is 0.496 e. The molecule has 5 aromatic rings. The van der Waals surface area contributed by atoms with E-state index in [9.17, 15) is 9.59 Å². The molecular weight excluding hydrogens is 702 g/mol. The molecule has 1 aliphatic rings. The molecule has 3 aromatic carbocycles. The third kappa shape index (κ3) is 7.70. The monoisotopic (exact) mass is 743 g/mol. The lowest BCUT2D eigenvalue weighted by Gasteiger charge is -2.30. The first-order valence-corrected chi connectivity index (χ1v) is 18.3. The highest BCUT2D eigenvalue weighted by Crippen LogP contribution is 2.44. The van der Waals surface area contributed by atoms with Gasteiger partial charge in [0.2, 0.25) is 0 Å². The number of rotatable bonds is 11. The maximum Gasteiger partial charge on any atom is 0.337 e. The summed E-state index contributed by atoms with van der Waals surface area (Å²) >= 11 is 5.10. The zero-order valence-electron chi connectivity index (χ0n) is 28.6. The van der Waals surface area contributed by atoms with Crippen LogP contribution in [0.4, 0.5) is 5.13 Å². The first kappa shape index (κ1) is 34.7. The minimum atomic E-state index is -0.390. The predicted octanol–water partition coefficient (Wildman–Crippen LogP) is 9.49. The van der Waals surface area contributed by atoms with Gasteiger partial charge in [0, 0.05) is 23.4 Å². The topological polar surface area (TPSA) is 91.7 Å². The predicted molar refractivity (Wildman–Crippen MR) is 199 cm³/mol. The van der Waals surface area contributed by atoms with Crippen LogP contribution in [0.25, 0.3) is 10.9 Å². The highest BCUT2D eigenvalue weighted by molar-refractivity contribution is 9.10. The molecule has 0 aliphatic heterocycles. The first-order valence-electron chi connectivity index (χ1n) is 16.6. The molecule has 10 heteroatoms. The third-order valence-electron chi connectivity index (χ3n) is 9.62. The fraction of sp³-hybridized carbons (Fsp3) is 0.359. The molecule has 1 amide bonds. The van der Waals surface area contributed by atoms with Crippen molar-refractivity contribution in [2.45, 2.75) is 64.8 Å². The van der Waals surface area contributed by atoms with Crippen LogP contribution in [0.15, 0.2) is 64.5 Å².